The molecule has 1 aromatic rings. The fourth-order valence-electron chi connectivity index (χ4n) is 1.96. The summed E-state index contributed by atoms with van der Waals surface area (Å²) in [5.41, 5.74) is 2.57. The van der Waals surface area contributed by atoms with Gasteiger partial charge in [0.25, 0.3) is 0 Å². The van der Waals surface area contributed by atoms with E-state index in [1.54, 1.807) is 0 Å². The fraction of sp³-hybridized carbons (Fsp3) is 0.417. The van der Waals surface area contributed by atoms with Crippen LogP contribution in [0, 0.1) is 0 Å². The number of fused-ring (bicyclic) bond motifs is 1. The van der Waals surface area contributed by atoms with Gasteiger partial charge in [0, 0.05) is 19.5 Å². The summed E-state index contributed by atoms with van der Waals surface area (Å²) >= 11 is 0. The number of nitrogens with zero attached hydrogens (tertiary/aromatic N) is 1. The molecule has 0 radical (unpaired) electrons. The Kier molecular flexibility index (Phi) is 3.02. The maximum Gasteiger partial charge on any atom is 0.225 e. The zero-order valence-electron chi connectivity index (χ0n) is 8.65. The lowest BCUT2D eigenvalue weighted by atomic mass is 10.00. The lowest BCUT2D eigenvalue weighted by Crippen LogP contribution is -2.36. The van der Waals surface area contributed by atoms with Crippen molar-refractivity contribution in [3.05, 3.63) is 35.4 Å². The van der Waals surface area contributed by atoms with Crippen molar-refractivity contribution in [3.63, 3.8) is 0 Å². The maximum absolute atomic E-state index is 11.6. The van der Waals surface area contributed by atoms with E-state index in [1.807, 2.05) is 17.0 Å². The lowest BCUT2D eigenvalue weighted by Gasteiger charge is -2.28. The molecule has 2 rings (SSSR count). The molecule has 1 N–H and O–H groups in total. The highest BCUT2D eigenvalue weighted by molar-refractivity contribution is 5.76. The van der Waals surface area contributed by atoms with Crippen LogP contribution in [0.4, 0.5) is 0 Å². The van der Waals surface area contributed by atoms with Gasteiger partial charge < -0.3 is 10.0 Å². The van der Waals surface area contributed by atoms with Crippen molar-refractivity contribution in [2.45, 2.75) is 19.4 Å². The maximum atomic E-state index is 11.6. The number of carbonyl (C=O) groups is 1. The molecule has 0 atom stereocenters. The SMILES string of the molecule is O=C(CCO)N1CCc2ccccc2C1. The van der Waals surface area contributed by atoms with Crippen molar-refractivity contribution >= 4 is 5.91 Å². The fourth-order valence-corrected chi connectivity index (χ4v) is 1.96. The van der Waals surface area contributed by atoms with E-state index in [4.69, 9.17) is 5.11 Å². The summed E-state index contributed by atoms with van der Waals surface area (Å²) in [5, 5.41) is 8.72. The largest absolute Gasteiger partial charge is 0.396 e. The second-order valence-electron chi connectivity index (χ2n) is 3.81. The molecule has 0 bridgehead atoms. The van der Waals surface area contributed by atoms with Crippen molar-refractivity contribution in [1.29, 1.82) is 0 Å². The third-order valence-corrected chi connectivity index (χ3v) is 2.81. The van der Waals surface area contributed by atoms with E-state index in [-0.39, 0.29) is 18.9 Å². The summed E-state index contributed by atoms with van der Waals surface area (Å²) < 4.78 is 0. The van der Waals surface area contributed by atoms with Crippen LogP contribution in [0.1, 0.15) is 17.5 Å². The second-order valence-corrected chi connectivity index (χ2v) is 3.81. The standard InChI is InChI=1S/C12H15NO2/c14-8-6-12(15)13-7-5-10-3-1-2-4-11(10)9-13/h1-4,14H,5-9H2. The molecule has 1 aliphatic rings. The number of benzene rings is 1. The number of rotatable bonds is 2. The summed E-state index contributed by atoms with van der Waals surface area (Å²) in [6.45, 7) is 1.40. The summed E-state index contributed by atoms with van der Waals surface area (Å²) in [4.78, 5) is 13.4. The summed E-state index contributed by atoms with van der Waals surface area (Å²) in [6.07, 6.45) is 1.16. The van der Waals surface area contributed by atoms with Gasteiger partial charge in [0.15, 0.2) is 0 Å². The van der Waals surface area contributed by atoms with Gasteiger partial charge in [-0.15, -0.1) is 0 Å². The van der Waals surface area contributed by atoms with Crippen LogP contribution < -0.4 is 0 Å². The average Bonchev–Trinajstić information content (AvgIpc) is 2.29. The van der Waals surface area contributed by atoms with Gasteiger partial charge >= 0.3 is 0 Å². The number of aliphatic hydroxyl groups excluding tert-OH is 1. The Balaban J connectivity index is 2.08. The predicted molar refractivity (Wildman–Crippen MR) is 57.3 cm³/mol. The van der Waals surface area contributed by atoms with Crippen molar-refractivity contribution in [2.24, 2.45) is 0 Å². The highest BCUT2D eigenvalue weighted by Crippen LogP contribution is 2.18. The number of hydrogen-bond donors (Lipinski definition) is 1. The Morgan fingerprint density at radius 1 is 1.33 bits per heavy atom. The van der Waals surface area contributed by atoms with Crippen LogP contribution in [0.2, 0.25) is 0 Å². The summed E-state index contributed by atoms with van der Waals surface area (Å²) in [5.74, 6) is 0.0482. The first-order valence-electron chi connectivity index (χ1n) is 5.26. The van der Waals surface area contributed by atoms with Crippen LogP contribution >= 0.6 is 0 Å². The molecular formula is C12H15NO2. The molecule has 80 valence electrons. The van der Waals surface area contributed by atoms with Crippen molar-refractivity contribution < 1.29 is 9.90 Å². The van der Waals surface area contributed by atoms with Crippen molar-refractivity contribution in [3.8, 4) is 0 Å². The number of aliphatic hydroxyl groups is 1. The first-order valence-corrected chi connectivity index (χ1v) is 5.26. The third kappa shape index (κ3) is 2.18. The Morgan fingerprint density at radius 2 is 2.07 bits per heavy atom. The van der Waals surface area contributed by atoms with Crippen LogP contribution in [0.3, 0.4) is 0 Å². The van der Waals surface area contributed by atoms with Crippen LogP contribution in [-0.4, -0.2) is 29.1 Å². The molecule has 0 saturated carbocycles. The molecule has 0 aliphatic carbocycles. The van der Waals surface area contributed by atoms with E-state index in [2.05, 4.69) is 12.1 Å². The third-order valence-electron chi connectivity index (χ3n) is 2.81. The van der Waals surface area contributed by atoms with Gasteiger partial charge in [0.1, 0.15) is 0 Å². The van der Waals surface area contributed by atoms with Crippen LogP contribution in [0.5, 0.6) is 0 Å². The molecule has 0 saturated heterocycles. The highest BCUT2D eigenvalue weighted by atomic mass is 16.3. The quantitative estimate of drug-likeness (QED) is 0.781. The molecular weight excluding hydrogens is 190 g/mol. The van der Waals surface area contributed by atoms with E-state index in [0.29, 0.717) is 6.54 Å². The minimum Gasteiger partial charge on any atom is -0.396 e. The number of carbonyl (C=O) groups excluding carboxylic acids is 1. The summed E-state index contributed by atoms with van der Waals surface area (Å²) in [6, 6.07) is 8.21. The Bertz CT molecular complexity index is 362. The van der Waals surface area contributed by atoms with Gasteiger partial charge in [-0.3, -0.25) is 4.79 Å². The van der Waals surface area contributed by atoms with E-state index in [0.717, 1.165) is 13.0 Å². The Morgan fingerprint density at radius 3 is 2.80 bits per heavy atom. The van der Waals surface area contributed by atoms with Gasteiger partial charge in [-0.25, -0.2) is 0 Å². The zero-order valence-corrected chi connectivity index (χ0v) is 8.65. The normalized spacial score (nSPS) is 14.9. The molecule has 15 heavy (non-hydrogen) atoms. The minimum absolute atomic E-state index is 0.0482. The predicted octanol–water partition coefficient (Wildman–Crippen LogP) is 0.954. The van der Waals surface area contributed by atoms with Gasteiger partial charge in [0.2, 0.25) is 5.91 Å². The smallest absolute Gasteiger partial charge is 0.225 e. The van der Waals surface area contributed by atoms with E-state index < -0.39 is 0 Å². The molecule has 1 aromatic carbocycles. The zero-order chi connectivity index (χ0) is 10.7. The van der Waals surface area contributed by atoms with E-state index in [9.17, 15) is 4.79 Å². The summed E-state index contributed by atoms with van der Waals surface area (Å²) in [7, 11) is 0. The molecule has 0 unspecified atom stereocenters. The molecule has 1 aliphatic heterocycles. The molecule has 0 aromatic heterocycles. The van der Waals surface area contributed by atoms with Gasteiger partial charge in [0.05, 0.1) is 6.61 Å². The lowest BCUT2D eigenvalue weighted by molar-refractivity contribution is -0.132. The second kappa shape index (κ2) is 4.45. The highest BCUT2D eigenvalue weighted by Gasteiger charge is 2.19. The molecule has 1 amide bonds. The minimum atomic E-state index is -0.0586. The van der Waals surface area contributed by atoms with E-state index in [1.165, 1.54) is 11.1 Å². The molecule has 0 spiro atoms. The van der Waals surface area contributed by atoms with Gasteiger partial charge in [-0.05, 0) is 17.5 Å². The molecule has 3 heteroatoms. The topological polar surface area (TPSA) is 40.5 Å². The molecule has 1 heterocycles. The molecule has 0 fully saturated rings. The molecule has 3 nitrogen and oxygen atoms in total. The average molecular weight is 205 g/mol. The first kappa shape index (κ1) is 10.2. The van der Waals surface area contributed by atoms with Crippen LogP contribution in [-0.2, 0) is 17.8 Å². The van der Waals surface area contributed by atoms with Gasteiger partial charge in [-0.1, -0.05) is 24.3 Å². The van der Waals surface area contributed by atoms with Gasteiger partial charge in [-0.2, -0.15) is 0 Å². The number of hydrogen-bond acceptors (Lipinski definition) is 2. The van der Waals surface area contributed by atoms with Crippen LogP contribution in [0.25, 0.3) is 0 Å². The Labute approximate surface area is 89.3 Å². The van der Waals surface area contributed by atoms with E-state index >= 15 is 0 Å². The Hall–Kier alpha value is -1.35. The van der Waals surface area contributed by atoms with Crippen LogP contribution in [0.15, 0.2) is 24.3 Å². The number of amides is 1. The van der Waals surface area contributed by atoms with Crippen molar-refractivity contribution in [1.82, 2.24) is 4.90 Å². The first-order chi connectivity index (χ1) is 7.31. The monoisotopic (exact) mass is 205 g/mol. The van der Waals surface area contributed by atoms with Crippen molar-refractivity contribution in [2.75, 3.05) is 13.2 Å².